The minimum Gasteiger partial charge on any atom is -0.490 e. The normalized spacial score (nSPS) is 10.1. The van der Waals surface area contributed by atoms with Gasteiger partial charge in [0.1, 0.15) is 5.82 Å². The number of nitrogens with zero attached hydrogens (tertiary/aromatic N) is 2. The summed E-state index contributed by atoms with van der Waals surface area (Å²) in [6.07, 6.45) is 1.52. The molecule has 0 unspecified atom stereocenters. The lowest BCUT2D eigenvalue weighted by molar-refractivity contribution is -0.385. The van der Waals surface area contributed by atoms with Gasteiger partial charge in [-0.2, -0.15) is 0 Å². The number of benzene rings is 1. The highest BCUT2D eigenvalue weighted by molar-refractivity contribution is 9.11. The van der Waals surface area contributed by atoms with Gasteiger partial charge in [-0.15, -0.1) is 0 Å². The van der Waals surface area contributed by atoms with E-state index in [0.717, 1.165) is 10.5 Å². The minimum absolute atomic E-state index is 0.0875. The van der Waals surface area contributed by atoms with Crippen LogP contribution in [0.5, 0.6) is 5.75 Å². The number of nitro benzene ring substituents is 1. The second-order valence-corrected chi connectivity index (χ2v) is 5.85. The van der Waals surface area contributed by atoms with Gasteiger partial charge in [0.2, 0.25) is 0 Å². The zero-order chi connectivity index (χ0) is 16.3. The van der Waals surface area contributed by atoms with Crippen LogP contribution in [0.2, 0.25) is 0 Å². The molecule has 1 aromatic carbocycles. The molecule has 0 bridgehead atoms. The van der Waals surface area contributed by atoms with Gasteiger partial charge in [-0.1, -0.05) is 0 Å². The van der Waals surface area contributed by atoms with E-state index in [1.54, 1.807) is 6.07 Å². The van der Waals surface area contributed by atoms with Crippen LogP contribution in [0.4, 0.5) is 11.5 Å². The fraction of sp³-hybridized carbons (Fsp3) is 0.0769. The number of hydrogen-bond donors (Lipinski definition) is 1. The van der Waals surface area contributed by atoms with Crippen molar-refractivity contribution >= 4 is 49.3 Å². The van der Waals surface area contributed by atoms with Crippen LogP contribution >= 0.6 is 31.9 Å². The smallest absolute Gasteiger partial charge is 0.311 e. The monoisotopic (exact) mass is 429 g/mol. The van der Waals surface area contributed by atoms with Crippen molar-refractivity contribution in [3.63, 3.8) is 0 Å². The Morgan fingerprint density at radius 1 is 1.36 bits per heavy atom. The number of nitrogens with one attached hydrogen (secondary N) is 1. The highest BCUT2D eigenvalue weighted by Crippen LogP contribution is 2.28. The van der Waals surface area contributed by atoms with Crippen LogP contribution in [0.15, 0.2) is 39.4 Å². The molecule has 2 aromatic rings. The van der Waals surface area contributed by atoms with Gasteiger partial charge in [0, 0.05) is 22.3 Å². The van der Waals surface area contributed by atoms with E-state index < -0.39 is 10.8 Å². The molecule has 22 heavy (non-hydrogen) atoms. The van der Waals surface area contributed by atoms with Crippen LogP contribution in [-0.2, 0) is 0 Å². The van der Waals surface area contributed by atoms with Crippen molar-refractivity contribution in [2.24, 2.45) is 0 Å². The van der Waals surface area contributed by atoms with Crippen molar-refractivity contribution in [1.29, 1.82) is 0 Å². The number of ether oxygens (including phenoxy) is 1. The second-order valence-electron chi connectivity index (χ2n) is 4.08. The molecule has 0 fully saturated rings. The number of aromatic nitrogens is 1. The largest absolute Gasteiger partial charge is 0.490 e. The number of carbonyl (C=O) groups excluding carboxylic acids is 1. The van der Waals surface area contributed by atoms with Gasteiger partial charge in [-0.3, -0.25) is 14.9 Å². The third-order valence-corrected chi connectivity index (χ3v) is 3.72. The van der Waals surface area contributed by atoms with E-state index in [0.29, 0.717) is 10.3 Å². The Kier molecular flexibility index (Phi) is 5.09. The number of pyridine rings is 1. The molecule has 9 heteroatoms. The third-order valence-electron chi connectivity index (χ3n) is 2.68. The molecule has 1 aromatic heterocycles. The molecule has 0 saturated carbocycles. The first-order chi connectivity index (χ1) is 10.4. The first-order valence-corrected chi connectivity index (χ1v) is 7.46. The first-order valence-electron chi connectivity index (χ1n) is 5.87. The van der Waals surface area contributed by atoms with Crippen LogP contribution in [0.3, 0.4) is 0 Å². The van der Waals surface area contributed by atoms with Crippen LogP contribution in [0, 0.1) is 10.1 Å². The molecule has 0 radical (unpaired) electrons. The summed E-state index contributed by atoms with van der Waals surface area (Å²) in [5, 5.41) is 13.6. The van der Waals surface area contributed by atoms with E-state index in [9.17, 15) is 14.9 Å². The number of hydrogen-bond acceptors (Lipinski definition) is 5. The molecule has 2 rings (SSSR count). The van der Waals surface area contributed by atoms with Crippen LogP contribution in [0.1, 0.15) is 10.4 Å². The predicted octanol–water partition coefficient (Wildman–Crippen LogP) is 3.78. The molecule has 7 nitrogen and oxygen atoms in total. The molecular weight excluding hydrogens is 422 g/mol. The summed E-state index contributed by atoms with van der Waals surface area (Å²) in [4.78, 5) is 26.6. The van der Waals surface area contributed by atoms with Crippen LogP contribution in [-0.4, -0.2) is 22.9 Å². The number of rotatable bonds is 4. The third kappa shape index (κ3) is 3.60. The van der Waals surface area contributed by atoms with Crippen molar-refractivity contribution in [1.82, 2.24) is 4.98 Å². The van der Waals surface area contributed by atoms with Gasteiger partial charge in [0.15, 0.2) is 5.75 Å². The maximum atomic E-state index is 12.2. The molecule has 1 N–H and O–H groups in total. The summed E-state index contributed by atoms with van der Waals surface area (Å²) >= 11 is 6.53. The predicted molar refractivity (Wildman–Crippen MR) is 87.2 cm³/mol. The molecule has 114 valence electrons. The molecule has 0 aliphatic carbocycles. The lowest BCUT2D eigenvalue weighted by Crippen LogP contribution is -2.13. The minimum atomic E-state index is -0.608. The zero-order valence-corrected chi connectivity index (χ0v) is 14.3. The number of anilines is 1. The maximum Gasteiger partial charge on any atom is 0.311 e. The number of nitro groups is 1. The van der Waals surface area contributed by atoms with Gasteiger partial charge >= 0.3 is 5.69 Å². The summed E-state index contributed by atoms with van der Waals surface area (Å²) in [5.74, 6) is -0.113. The van der Waals surface area contributed by atoms with Gasteiger partial charge in [0.05, 0.1) is 16.5 Å². The SMILES string of the molecule is COc1ccc(C(=O)Nc2ncc(Br)cc2Br)cc1[N+](=O)[O-]. The Balaban J connectivity index is 2.30. The Labute approximate surface area is 142 Å². The maximum absolute atomic E-state index is 12.2. The van der Waals surface area contributed by atoms with E-state index in [2.05, 4.69) is 42.2 Å². The van der Waals surface area contributed by atoms with E-state index in [1.165, 1.54) is 25.4 Å². The van der Waals surface area contributed by atoms with Crippen molar-refractivity contribution in [3.8, 4) is 5.75 Å². The summed E-state index contributed by atoms with van der Waals surface area (Å²) in [5.41, 5.74) is -0.151. The quantitative estimate of drug-likeness (QED) is 0.588. The topological polar surface area (TPSA) is 94.4 Å². The number of carbonyl (C=O) groups is 1. The standard InChI is InChI=1S/C13H9Br2N3O4/c1-22-11-3-2-7(4-10(11)18(20)21)13(19)17-12-9(15)5-8(14)6-16-12/h2-6H,1H3,(H,16,17,19). The Morgan fingerprint density at radius 2 is 2.09 bits per heavy atom. The van der Waals surface area contributed by atoms with Gasteiger partial charge in [-0.05, 0) is 50.1 Å². The summed E-state index contributed by atoms with van der Waals surface area (Å²) in [7, 11) is 1.32. The first kappa shape index (κ1) is 16.4. The number of methoxy groups -OCH3 is 1. The van der Waals surface area contributed by atoms with E-state index in [-0.39, 0.29) is 17.0 Å². The lowest BCUT2D eigenvalue weighted by Gasteiger charge is -2.08. The zero-order valence-electron chi connectivity index (χ0n) is 11.2. The number of amides is 1. The van der Waals surface area contributed by atoms with Crippen LogP contribution in [0.25, 0.3) is 0 Å². The average Bonchev–Trinajstić information content (AvgIpc) is 2.49. The molecule has 0 atom stereocenters. The molecule has 0 spiro atoms. The van der Waals surface area contributed by atoms with Crippen molar-refractivity contribution < 1.29 is 14.5 Å². The Bertz CT molecular complexity index is 752. The van der Waals surface area contributed by atoms with Crippen LogP contribution < -0.4 is 10.1 Å². The molecule has 1 amide bonds. The van der Waals surface area contributed by atoms with Crippen molar-refractivity contribution in [2.45, 2.75) is 0 Å². The molecule has 0 aliphatic heterocycles. The van der Waals surface area contributed by atoms with Gasteiger partial charge in [0.25, 0.3) is 5.91 Å². The van der Waals surface area contributed by atoms with Gasteiger partial charge < -0.3 is 10.1 Å². The molecular formula is C13H9Br2N3O4. The van der Waals surface area contributed by atoms with Crippen molar-refractivity contribution in [2.75, 3.05) is 12.4 Å². The Hall–Kier alpha value is -2.00. The van der Waals surface area contributed by atoms with E-state index >= 15 is 0 Å². The summed E-state index contributed by atoms with van der Waals surface area (Å²) in [6, 6.07) is 5.69. The molecule has 0 aliphatic rings. The van der Waals surface area contributed by atoms with E-state index in [1.807, 2.05) is 0 Å². The lowest BCUT2D eigenvalue weighted by atomic mass is 10.1. The van der Waals surface area contributed by atoms with Gasteiger partial charge in [-0.25, -0.2) is 4.98 Å². The Morgan fingerprint density at radius 3 is 2.68 bits per heavy atom. The van der Waals surface area contributed by atoms with Crippen molar-refractivity contribution in [3.05, 3.63) is 55.1 Å². The fourth-order valence-corrected chi connectivity index (χ4v) is 2.75. The summed E-state index contributed by atoms with van der Waals surface area (Å²) in [6.45, 7) is 0. The second kappa shape index (κ2) is 6.84. The molecule has 1 heterocycles. The highest BCUT2D eigenvalue weighted by Gasteiger charge is 2.19. The highest BCUT2D eigenvalue weighted by atomic mass is 79.9. The average molecular weight is 431 g/mol. The fourth-order valence-electron chi connectivity index (χ4n) is 1.66. The summed E-state index contributed by atoms with van der Waals surface area (Å²) < 4.78 is 6.22. The number of halogens is 2. The molecule has 0 saturated heterocycles. The van der Waals surface area contributed by atoms with E-state index in [4.69, 9.17) is 4.74 Å².